The van der Waals surface area contributed by atoms with Gasteiger partial charge in [0.05, 0.1) is 6.54 Å². The molecule has 0 aliphatic carbocycles. The Balaban J connectivity index is 1.67. The van der Waals surface area contributed by atoms with Crippen molar-refractivity contribution in [1.29, 1.82) is 0 Å². The van der Waals surface area contributed by atoms with Crippen molar-refractivity contribution in [2.75, 3.05) is 0 Å². The van der Waals surface area contributed by atoms with Gasteiger partial charge in [-0.1, -0.05) is 80.1 Å². The molecule has 3 heteroatoms. The molecule has 164 valence electrons. The Morgan fingerprint density at radius 2 is 1.66 bits per heavy atom. The average molecular weight is 425 g/mol. The quantitative estimate of drug-likeness (QED) is 0.325. The zero-order chi connectivity index (χ0) is 22.7. The maximum atomic E-state index is 13.9. The minimum atomic E-state index is 0.0892. The normalized spacial score (nSPS) is 12.3. The van der Waals surface area contributed by atoms with Crippen LogP contribution in [0.15, 0.2) is 85.1 Å². The van der Waals surface area contributed by atoms with E-state index in [1.165, 1.54) is 11.1 Å². The van der Waals surface area contributed by atoms with Crippen LogP contribution in [0.4, 0.5) is 0 Å². The largest absolute Gasteiger partial charge is 0.345 e. The van der Waals surface area contributed by atoms with Gasteiger partial charge < -0.3 is 9.47 Å². The molecule has 1 heterocycles. The average Bonchev–Trinajstić information content (AvgIpc) is 3.22. The zero-order valence-corrected chi connectivity index (χ0v) is 19.5. The van der Waals surface area contributed by atoms with Crippen molar-refractivity contribution in [3.8, 4) is 0 Å². The number of aromatic nitrogens is 1. The van der Waals surface area contributed by atoms with Crippen molar-refractivity contribution >= 4 is 16.7 Å². The van der Waals surface area contributed by atoms with Crippen LogP contribution >= 0.6 is 0 Å². The number of rotatable bonds is 7. The smallest absolute Gasteiger partial charge is 0.255 e. The number of carbonyl (C=O) groups excluding carboxylic acids is 1. The van der Waals surface area contributed by atoms with Gasteiger partial charge in [0.25, 0.3) is 5.91 Å². The predicted molar refractivity (Wildman–Crippen MR) is 133 cm³/mol. The summed E-state index contributed by atoms with van der Waals surface area (Å²) < 4.78 is 2.26. The Bertz CT molecular complexity index is 1220. The molecule has 0 aliphatic rings. The summed E-state index contributed by atoms with van der Waals surface area (Å²) in [6.45, 7) is 10.0. The third-order valence-corrected chi connectivity index (χ3v) is 6.43. The van der Waals surface area contributed by atoms with Crippen LogP contribution in [-0.2, 0) is 13.1 Å². The van der Waals surface area contributed by atoms with Crippen LogP contribution in [0.25, 0.3) is 10.8 Å². The van der Waals surface area contributed by atoms with Gasteiger partial charge >= 0.3 is 0 Å². The molecule has 0 unspecified atom stereocenters. The predicted octanol–water partition coefficient (Wildman–Crippen LogP) is 6.68. The summed E-state index contributed by atoms with van der Waals surface area (Å²) in [6, 6.07) is 27.1. The first-order chi connectivity index (χ1) is 15.4. The highest BCUT2D eigenvalue weighted by Gasteiger charge is 2.26. The molecule has 0 saturated heterocycles. The minimum Gasteiger partial charge on any atom is -0.345 e. The van der Waals surface area contributed by atoms with Crippen LogP contribution in [0.5, 0.6) is 0 Å². The molecule has 32 heavy (non-hydrogen) atoms. The Labute approximate surface area is 191 Å². The third-order valence-electron chi connectivity index (χ3n) is 6.43. The molecular weight excluding hydrogens is 392 g/mol. The van der Waals surface area contributed by atoms with E-state index in [-0.39, 0.29) is 11.9 Å². The first kappa shape index (κ1) is 21.9. The Morgan fingerprint density at radius 3 is 2.44 bits per heavy atom. The summed E-state index contributed by atoms with van der Waals surface area (Å²) in [4.78, 5) is 15.9. The summed E-state index contributed by atoms with van der Waals surface area (Å²) in [6.07, 6.45) is 2.11. The van der Waals surface area contributed by atoms with Crippen molar-refractivity contribution in [1.82, 2.24) is 9.47 Å². The Kier molecular flexibility index (Phi) is 6.45. The van der Waals surface area contributed by atoms with Crippen LogP contribution in [0.3, 0.4) is 0 Å². The van der Waals surface area contributed by atoms with E-state index in [4.69, 9.17) is 0 Å². The summed E-state index contributed by atoms with van der Waals surface area (Å²) in [5, 5.41) is 2.11. The van der Waals surface area contributed by atoms with E-state index < -0.39 is 0 Å². The van der Waals surface area contributed by atoms with Crippen LogP contribution < -0.4 is 0 Å². The van der Waals surface area contributed by atoms with Gasteiger partial charge in [0.1, 0.15) is 0 Å². The number of nitrogens with zero attached hydrogens (tertiary/aromatic N) is 2. The van der Waals surface area contributed by atoms with Crippen molar-refractivity contribution in [3.63, 3.8) is 0 Å². The lowest BCUT2D eigenvalue weighted by molar-refractivity contribution is 0.0625. The lowest BCUT2D eigenvalue weighted by atomic mass is 10.00. The van der Waals surface area contributed by atoms with Gasteiger partial charge in [0.15, 0.2) is 0 Å². The topological polar surface area (TPSA) is 25.2 Å². The molecule has 0 saturated carbocycles. The maximum Gasteiger partial charge on any atom is 0.255 e. The number of hydrogen-bond acceptors (Lipinski definition) is 1. The molecule has 4 aromatic rings. The van der Waals surface area contributed by atoms with E-state index in [0.29, 0.717) is 12.5 Å². The second-order valence-corrected chi connectivity index (χ2v) is 9.06. The number of hydrogen-bond donors (Lipinski definition) is 0. The Hall–Kier alpha value is -3.33. The van der Waals surface area contributed by atoms with Crippen molar-refractivity contribution < 1.29 is 4.79 Å². The molecular formula is C29H32N2O. The second kappa shape index (κ2) is 9.44. The first-order valence-electron chi connectivity index (χ1n) is 11.4. The first-order valence-corrected chi connectivity index (χ1v) is 11.4. The zero-order valence-electron chi connectivity index (χ0n) is 19.5. The molecule has 4 rings (SSSR count). The van der Waals surface area contributed by atoms with Gasteiger partial charge in [0.2, 0.25) is 0 Å². The van der Waals surface area contributed by atoms with E-state index in [2.05, 4.69) is 87.0 Å². The monoisotopic (exact) mass is 424 g/mol. The molecule has 0 bridgehead atoms. The fourth-order valence-corrected chi connectivity index (χ4v) is 4.26. The van der Waals surface area contributed by atoms with Gasteiger partial charge in [0, 0.05) is 30.0 Å². The van der Waals surface area contributed by atoms with Gasteiger partial charge in [-0.05, 0) is 54.3 Å². The van der Waals surface area contributed by atoms with E-state index in [9.17, 15) is 4.79 Å². The molecule has 3 aromatic carbocycles. The number of aryl methyl sites for hydroxylation is 1. The molecule has 1 aromatic heterocycles. The van der Waals surface area contributed by atoms with Gasteiger partial charge in [-0.3, -0.25) is 4.79 Å². The summed E-state index contributed by atoms with van der Waals surface area (Å²) in [5.41, 5.74) is 4.45. The minimum absolute atomic E-state index is 0.0892. The summed E-state index contributed by atoms with van der Waals surface area (Å²) >= 11 is 0. The van der Waals surface area contributed by atoms with E-state index in [0.717, 1.165) is 28.6 Å². The molecule has 0 aliphatic heterocycles. The number of amides is 1. The third kappa shape index (κ3) is 4.62. The highest BCUT2D eigenvalue weighted by molar-refractivity contribution is 6.07. The lowest BCUT2D eigenvalue weighted by Crippen LogP contribution is -2.41. The van der Waals surface area contributed by atoms with Gasteiger partial charge in [-0.2, -0.15) is 0 Å². The highest BCUT2D eigenvalue weighted by atomic mass is 16.2. The van der Waals surface area contributed by atoms with Crippen LogP contribution in [0.2, 0.25) is 0 Å². The summed E-state index contributed by atoms with van der Waals surface area (Å²) in [5.74, 6) is 0.445. The molecule has 0 fully saturated rings. The molecule has 1 amide bonds. The highest BCUT2D eigenvalue weighted by Crippen LogP contribution is 2.24. The van der Waals surface area contributed by atoms with Gasteiger partial charge in [-0.25, -0.2) is 0 Å². The van der Waals surface area contributed by atoms with Gasteiger partial charge in [-0.15, -0.1) is 0 Å². The van der Waals surface area contributed by atoms with Crippen LogP contribution in [0, 0.1) is 12.8 Å². The molecule has 3 nitrogen and oxygen atoms in total. The number of carbonyl (C=O) groups is 1. The standard InChI is InChI=1S/C29H32N2O/c1-21(2)23(4)31(29(32)28-16-8-13-25-12-5-6-15-27(25)28)20-26-14-9-17-30(26)19-24-11-7-10-22(3)18-24/h5-18,21,23H,19-20H2,1-4H3/t23-/m0/s1. The molecule has 0 N–H and O–H groups in total. The second-order valence-electron chi connectivity index (χ2n) is 9.06. The summed E-state index contributed by atoms with van der Waals surface area (Å²) in [7, 11) is 0. The van der Waals surface area contributed by atoms with Crippen molar-refractivity contribution in [3.05, 3.63) is 107 Å². The fraction of sp³-hybridized carbons (Fsp3) is 0.276. The molecule has 0 radical (unpaired) electrons. The van der Waals surface area contributed by atoms with E-state index in [1.807, 2.05) is 35.2 Å². The van der Waals surface area contributed by atoms with Crippen molar-refractivity contribution in [2.45, 2.75) is 46.8 Å². The molecule has 0 spiro atoms. The number of fused-ring (bicyclic) bond motifs is 1. The van der Waals surface area contributed by atoms with Crippen molar-refractivity contribution in [2.24, 2.45) is 5.92 Å². The van der Waals surface area contributed by atoms with Crippen LogP contribution in [-0.4, -0.2) is 21.4 Å². The Morgan fingerprint density at radius 1 is 0.906 bits per heavy atom. The SMILES string of the molecule is Cc1cccc(Cn2cccc2CN(C(=O)c2cccc3ccccc23)[C@@H](C)C(C)C)c1. The van der Waals surface area contributed by atoms with Crippen LogP contribution in [0.1, 0.15) is 48.0 Å². The lowest BCUT2D eigenvalue weighted by Gasteiger charge is -2.33. The van der Waals surface area contributed by atoms with E-state index >= 15 is 0 Å². The fourth-order valence-electron chi connectivity index (χ4n) is 4.26. The molecule has 1 atom stereocenters. The van der Waals surface area contributed by atoms with E-state index in [1.54, 1.807) is 0 Å². The number of benzene rings is 3. The maximum absolute atomic E-state index is 13.9.